The Morgan fingerprint density at radius 2 is 2.43 bits per heavy atom. The van der Waals surface area contributed by atoms with Crippen LogP contribution in [-0.4, -0.2) is 33.4 Å². The first-order valence-corrected chi connectivity index (χ1v) is 4.76. The van der Waals surface area contributed by atoms with Gasteiger partial charge in [-0.05, 0) is 0 Å². The molecule has 1 amide bonds. The van der Waals surface area contributed by atoms with Gasteiger partial charge in [0.25, 0.3) is 0 Å². The molecular weight excluding hydrogens is 180 g/mol. The van der Waals surface area contributed by atoms with E-state index < -0.39 is 0 Å². The van der Waals surface area contributed by atoms with Crippen molar-refractivity contribution in [2.24, 2.45) is 5.73 Å². The molecule has 0 saturated heterocycles. The molecule has 14 heavy (non-hydrogen) atoms. The Balaban J connectivity index is 1.91. The number of nitrogens with two attached hydrogens (primary N) is 1. The highest BCUT2D eigenvalue weighted by Gasteiger charge is 2.16. The average Bonchev–Trinajstić information content (AvgIpc) is 2.61. The van der Waals surface area contributed by atoms with Crippen molar-refractivity contribution in [1.29, 1.82) is 0 Å². The Hall–Kier alpha value is -1.36. The van der Waals surface area contributed by atoms with E-state index in [9.17, 15) is 4.79 Å². The zero-order chi connectivity index (χ0) is 9.97. The molecule has 1 aromatic heterocycles. The lowest BCUT2D eigenvalue weighted by atomic mass is 10.3. The molecule has 2 N–H and O–H groups in total. The number of amides is 1. The van der Waals surface area contributed by atoms with Crippen LogP contribution in [0.2, 0.25) is 0 Å². The molecule has 76 valence electrons. The number of rotatable bonds is 3. The van der Waals surface area contributed by atoms with E-state index in [-0.39, 0.29) is 5.91 Å². The first-order chi connectivity index (χ1) is 6.75. The summed E-state index contributed by atoms with van der Waals surface area (Å²) in [5, 5.41) is 0. The summed E-state index contributed by atoms with van der Waals surface area (Å²) in [6.45, 7) is 3.48. The number of nitrogens with zero attached hydrogens (tertiary/aromatic N) is 3. The molecule has 0 spiro atoms. The highest BCUT2D eigenvalue weighted by molar-refractivity contribution is 5.73. The Bertz CT molecular complexity index is 333. The summed E-state index contributed by atoms with van der Waals surface area (Å²) in [6, 6.07) is 0. The summed E-state index contributed by atoms with van der Waals surface area (Å²) in [4.78, 5) is 17.1. The molecular formula is C9H14N4O. The Labute approximate surface area is 82.5 Å². The first kappa shape index (κ1) is 9.21. The lowest BCUT2D eigenvalue weighted by Crippen LogP contribution is -2.35. The third kappa shape index (κ3) is 1.93. The largest absolute Gasteiger partial charge is 0.370 e. The van der Waals surface area contributed by atoms with Gasteiger partial charge >= 0.3 is 0 Å². The van der Waals surface area contributed by atoms with Crippen molar-refractivity contribution in [2.45, 2.75) is 19.5 Å². The lowest BCUT2D eigenvalue weighted by Gasteiger charge is -2.26. The van der Waals surface area contributed by atoms with Crippen LogP contribution in [0.1, 0.15) is 12.2 Å². The molecule has 0 aromatic carbocycles. The monoisotopic (exact) mass is 194 g/mol. The molecule has 0 atom stereocenters. The third-order valence-corrected chi connectivity index (χ3v) is 2.50. The number of carbonyl (C=O) groups excluding carboxylic acids is 1. The van der Waals surface area contributed by atoms with Crippen molar-refractivity contribution in [3.8, 4) is 0 Å². The SMILES string of the molecule is NC(=O)CCN1CCn2ccnc2C1. The Morgan fingerprint density at radius 1 is 1.57 bits per heavy atom. The van der Waals surface area contributed by atoms with Gasteiger partial charge in [-0.1, -0.05) is 0 Å². The maximum Gasteiger partial charge on any atom is 0.218 e. The fourth-order valence-electron chi connectivity index (χ4n) is 1.68. The molecule has 2 rings (SSSR count). The van der Waals surface area contributed by atoms with Gasteiger partial charge in [0.05, 0.1) is 6.54 Å². The normalized spacial score (nSPS) is 16.6. The fraction of sp³-hybridized carbons (Fsp3) is 0.556. The number of carbonyl (C=O) groups is 1. The fourth-order valence-corrected chi connectivity index (χ4v) is 1.68. The van der Waals surface area contributed by atoms with Crippen LogP contribution >= 0.6 is 0 Å². The van der Waals surface area contributed by atoms with E-state index >= 15 is 0 Å². The van der Waals surface area contributed by atoms with Crippen LogP contribution in [0.25, 0.3) is 0 Å². The number of primary amides is 1. The van der Waals surface area contributed by atoms with Gasteiger partial charge < -0.3 is 10.3 Å². The minimum Gasteiger partial charge on any atom is -0.370 e. The van der Waals surface area contributed by atoms with Crippen molar-refractivity contribution in [1.82, 2.24) is 14.5 Å². The molecule has 0 radical (unpaired) electrons. The molecule has 0 fully saturated rings. The minimum absolute atomic E-state index is 0.237. The van der Waals surface area contributed by atoms with Crippen molar-refractivity contribution in [3.05, 3.63) is 18.2 Å². The van der Waals surface area contributed by atoms with Gasteiger partial charge in [-0.15, -0.1) is 0 Å². The van der Waals surface area contributed by atoms with E-state index in [1.54, 1.807) is 0 Å². The van der Waals surface area contributed by atoms with Gasteiger partial charge in [-0.3, -0.25) is 9.69 Å². The van der Waals surface area contributed by atoms with Crippen LogP contribution in [-0.2, 0) is 17.9 Å². The van der Waals surface area contributed by atoms with Crippen molar-refractivity contribution >= 4 is 5.91 Å². The standard InChI is InChI=1S/C9H14N4O/c10-8(14)1-3-12-5-6-13-4-2-11-9(13)7-12/h2,4H,1,3,5-7H2,(H2,10,14). The van der Waals surface area contributed by atoms with Crippen LogP contribution < -0.4 is 5.73 Å². The van der Waals surface area contributed by atoms with E-state index in [0.717, 1.165) is 32.0 Å². The van der Waals surface area contributed by atoms with Crippen LogP contribution in [0.4, 0.5) is 0 Å². The molecule has 1 aliphatic rings. The van der Waals surface area contributed by atoms with Crippen LogP contribution in [0.3, 0.4) is 0 Å². The zero-order valence-electron chi connectivity index (χ0n) is 8.02. The summed E-state index contributed by atoms with van der Waals surface area (Å²) in [6.07, 6.45) is 4.23. The van der Waals surface area contributed by atoms with Crippen molar-refractivity contribution < 1.29 is 4.79 Å². The van der Waals surface area contributed by atoms with Gasteiger partial charge in [0.1, 0.15) is 5.82 Å². The quantitative estimate of drug-likeness (QED) is 0.710. The van der Waals surface area contributed by atoms with Crippen molar-refractivity contribution in [2.75, 3.05) is 13.1 Å². The summed E-state index contributed by atoms with van der Waals surface area (Å²) < 4.78 is 2.14. The molecule has 5 heteroatoms. The summed E-state index contributed by atoms with van der Waals surface area (Å²) in [5.41, 5.74) is 5.10. The molecule has 0 aliphatic carbocycles. The smallest absolute Gasteiger partial charge is 0.218 e. The van der Waals surface area contributed by atoms with E-state index in [1.165, 1.54) is 0 Å². The minimum atomic E-state index is -0.237. The predicted molar refractivity (Wildman–Crippen MR) is 51.3 cm³/mol. The second-order valence-electron chi connectivity index (χ2n) is 3.53. The van der Waals surface area contributed by atoms with Crippen LogP contribution in [0, 0.1) is 0 Å². The number of hydrogen-bond acceptors (Lipinski definition) is 3. The number of imidazole rings is 1. The second-order valence-corrected chi connectivity index (χ2v) is 3.53. The maximum absolute atomic E-state index is 10.6. The molecule has 0 unspecified atom stereocenters. The van der Waals surface area contributed by atoms with Gasteiger partial charge in [-0.25, -0.2) is 4.98 Å². The molecule has 0 saturated carbocycles. The maximum atomic E-state index is 10.6. The topological polar surface area (TPSA) is 64.2 Å². The highest BCUT2D eigenvalue weighted by atomic mass is 16.1. The summed E-state index contributed by atoms with van der Waals surface area (Å²) in [5.74, 6) is 0.833. The van der Waals surface area contributed by atoms with Crippen molar-refractivity contribution in [3.63, 3.8) is 0 Å². The van der Waals surface area contributed by atoms with E-state index in [1.807, 2.05) is 12.4 Å². The summed E-state index contributed by atoms with van der Waals surface area (Å²) >= 11 is 0. The third-order valence-electron chi connectivity index (χ3n) is 2.50. The van der Waals surface area contributed by atoms with Gasteiger partial charge in [0, 0.05) is 38.4 Å². The molecule has 5 nitrogen and oxygen atoms in total. The van der Waals surface area contributed by atoms with Gasteiger partial charge in [-0.2, -0.15) is 0 Å². The van der Waals surface area contributed by atoms with E-state index in [2.05, 4.69) is 14.5 Å². The first-order valence-electron chi connectivity index (χ1n) is 4.76. The molecule has 1 aromatic rings. The molecule has 0 bridgehead atoms. The molecule has 1 aliphatic heterocycles. The Kier molecular flexibility index (Phi) is 2.49. The Morgan fingerprint density at radius 3 is 3.21 bits per heavy atom. The number of hydrogen-bond donors (Lipinski definition) is 1. The van der Waals surface area contributed by atoms with Gasteiger partial charge in [0.15, 0.2) is 0 Å². The summed E-state index contributed by atoms with van der Waals surface area (Å²) in [7, 11) is 0. The van der Waals surface area contributed by atoms with Crippen LogP contribution in [0.15, 0.2) is 12.4 Å². The predicted octanol–water partition coefficient (Wildman–Crippen LogP) is -0.426. The number of aromatic nitrogens is 2. The van der Waals surface area contributed by atoms with E-state index in [4.69, 9.17) is 5.73 Å². The lowest BCUT2D eigenvalue weighted by molar-refractivity contribution is -0.118. The number of fused-ring (bicyclic) bond motifs is 1. The average molecular weight is 194 g/mol. The van der Waals surface area contributed by atoms with Gasteiger partial charge in [0.2, 0.25) is 5.91 Å². The van der Waals surface area contributed by atoms with Crippen LogP contribution in [0.5, 0.6) is 0 Å². The second kappa shape index (κ2) is 3.79. The van der Waals surface area contributed by atoms with E-state index in [0.29, 0.717) is 6.42 Å². The molecule has 2 heterocycles. The zero-order valence-corrected chi connectivity index (χ0v) is 8.02. The highest BCUT2D eigenvalue weighted by Crippen LogP contribution is 2.09.